The van der Waals surface area contributed by atoms with E-state index in [2.05, 4.69) is 28.0 Å². The Hall–Kier alpha value is -4.04. The summed E-state index contributed by atoms with van der Waals surface area (Å²) in [6.07, 6.45) is 4.79. The van der Waals surface area contributed by atoms with Crippen LogP contribution in [-0.4, -0.2) is 182 Å². The van der Waals surface area contributed by atoms with Crippen LogP contribution >= 0.6 is 0 Å². The minimum Gasteiger partial charge on any atom is -0.342 e. The lowest BCUT2D eigenvalue weighted by Crippen LogP contribution is -2.45. The first-order valence-electron chi connectivity index (χ1n) is 15.2. The Bertz CT molecular complexity index is 939. The average Bonchev–Trinajstić information content (AvgIpc) is 3.04. The van der Waals surface area contributed by atoms with Gasteiger partial charge >= 0.3 is 0 Å². The highest BCUT2D eigenvalue weighted by Crippen LogP contribution is 2.12. The quantitative estimate of drug-likeness (QED) is 0.279. The highest BCUT2D eigenvalue weighted by Gasteiger charge is 2.17. The first-order valence-corrected chi connectivity index (χ1v) is 15.2. The molecule has 242 valence electrons. The summed E-state index contributed by atoms with van der Waals surface area (Å²) in [6, 6.07) is 8.30. The zero-order valence-corrected chi connectivity index (χ0v) is 25.5. The van der Waals surface area contributed by atoms with Crippen LogP contribution in [0.5, 0.6) is 0 Å². The van der Waals surface area contributed by atoms with Gasteiger partial charge in [0.25, 0.3) is 0 Å². The Morgan fingerprint density at radius 2 is 0.614 bits per heavy atom. The van der Waals surface area contributed by atoms with E-state index in [4.69, 9.17) is 0 Å². The molecule has 0 atom stereocenters. The molecule has 44 heavy (non-hydrogen) atoms. The van der Waals surface area contributed by atoms with Crippen molar-refractivity contribution in [3.63, 3.8) is 0 Å². The maximum Gasteiger partial charge on any atom is 0.209 e. The fraction of sp³-hybridized carbons (Fsp3) is 0.600. The van der Waals surface area contributed by atoms with E-state index in [-0.39, 0.29) is 0 Å². The lowest BCUT2D eigenvalue weighted by atomic mass is 10.1. The van der Waals surface area contributed by atoms with Crippen molar-refractivity contribution >= 4 is 38.5 Å². The van der Waals surface area contributed by atoms with Gasteiger partial charge in [0.05, 0.1) is 0 Å². The number of hydrogen-bond donors (Lipinski definition) is 0. The Kier molecular flexibility index (Phi) is 15.1. The third-order valence-electron chi connectivity index (χ3n) is 8.21. The maximum absolute atomic E-state index is 11.7. The van der Waals surface area contributed by atoms with Crippen LogP contribution < -0.4 is 0 Å². The number of carbonyl (C=O) groups excluding carboxylic acids is 6. The molecule has 3 rings (SSSR count). The van der Waals surface area contributed by atoms with E-state index in [9.17, 15) is 28.8 Å². The van der Waals surface area contributed by atoms with Crippen molar-refractivity contribution in [2.45, 2.75) is 13.1 Å². The van der Waals surface area contributed by atoms with Gasteiger partial charge in [-0.1, -0.05) is 24.3 Å². The van der Waals surface area contributed by atoms with Crippen molar-refractivity contribution in [1.29, 1.82) is 0 Å². The van der Waals surface area contributed by atoms with E-state index in [0.29, 0.717) is 118 Å². The van der Waals surface area contributed by atoms with Crippen LogP contribution in [0.3, 0.4) is 0 Å². The minimum atomic E-state index is 0.417. The van der Waals surface area contributed by atoms with Crippen LogP contribution in [-0.2, 0) is 41.9 Å². The standard InChI is InChI=1S/C30H46N8O6/c39-23-33-8-4-31(5-9-34(24-40)13-17-37(27-43)16-12-33)21-29-2-1-3-30(20-29)22-32-6-10-35(25-41)14-18-38(28-44)19-15-36(26-42)11-7-32/h1-3,20,23-28H,4-19,21-22H2. The van der Waals surface area contributed by atoms with E-state index in [0.717, 1.165) is 49.6 Å². The van der Waals surface area contributed by atoms with Crippen molar-refractivity contribution in [1.82, 2.24) is 39.2 Å². The molecule has 1 aromatic carbocycles. The van der Waals surface area contributed by atoms with Gasteiger partial charge in [-0.05, 0) is 11.1 Å². The van der Waals surface area contributed by atoms with E-state index in [1.807, 2.05) is 6.07 Å². The van der Waals surface area contributed by atoms with Gasteiger partial charge in [0.1, 0.15) is 0 Å². The Morgan fingerprint density at radius 1 is 0.386 bits per heavy atom. The minimum absolute atomic E-state index is 0.417. The lowest BCUT2D eigenvalue weighted by Gasteiger charge is -2.31. The molecule has 0 spiro atoms. The molecule has 2 fully saturated rings. The molecule has 2 saturated heterocycles. The summed E-state index contributed by atoms with van der Waals surface area (Å²) in [6.45, 7) is 9.18. The summed E-state index contributed by atoms with van der Waals surface area (Å²) in [4.78, 5) is 83.9. The first kappa shape index (κ1) is 34.5. The summed E-state index contributed by atoms with van der Waals surface area (Å²) >= 11 is 0. The number of rotatable bonds is 10. The molecule has 0 saturated carbocycles. The van der Waals surface area contributed by atoms with Crippen LogP contribution in [0.1, 0.15) is 11.1 Å². The number of nitrogens with zero attached hydrogens (tertiary/aromatic N) is 8. The van der Waals surface area contributed by atoms with Crippen LogP contribution in [0.2, 0.25) is 0 Å². The predicted octanol–water partition coefficient (Wildman–Crippen LogP) is -1.93. The molecular formula is C30H46N8O6. The third kappa shape index (κ3) is 11.9. The first-order chi connectivity index (χ1) is 21.5. The van der Waals surface area contributed by atoms with Crippen LogP contribution in [0.25, 0.3) is 0 Å². The molecule has 0 unspecified atom stereocenters. The topological polar surface area (TPSA) is 128 Å². The second kappa shape index (κ2) is 19.3. The van der Waals surface area contributed by atoms with Gasteiger partial charge in [-0.25, -0.2) is 0 Å². The zero-order chi connectivity index (χ0) is 31.6. The summed E-state index contributed by atoms with van der Waals surface area (Å²) in [5, 5.41) is 0. The molecule has 2 aliphatic rings. The number of amides is 6. The van der Waals surface area contributed by atoms with Crippen molar-refractivity contribution in [3.8, 4) is 0 Å². The second-order valence-electron chi connectivity index (χ2n) is 11.2. The summed E-state index contributed by atoms with van der Waals surface area (Å²) in [7, 11) is 0. The van der Waals surface area contributed by atoms with Crippen LogP contribution in [0.4, 0.5) is 0 Å². The highest BCUT2D eigenvalue weighted by atomic mass is 16.2. The lowest BCUT2D eigenvalue weighted by molar-refractivity contribution is -0.123. The monoisotopic (exact) mass is 614 g/mol. The van der Waals surface area contributed by atoms with Gasteiger partial charge in [-0.2, -0.15) is 0 Å². The van der Waals surface area contributed by atoms with Crippen molar-refractivity contribution in [3.05, 3.63) is 35.4 Å². The predicted molar refractivity (Wildman–Crippen MR) is 163 cm³/mol. The number of benzene rings is 1. The van der Waals surface area contributed by atoms with Gasteiger partial charge in [-0.3, -0.25) is 38.6 Å². The SMILES string of the molecule is O=CN1CCN(C=O)CCN(Cc2cccc(CN3CCN(C=O)CCN(C=O)CCN(C=O)CC3)c2)CCN(C=O)CC1. The molecule has 6 amide bonds. The molecule has 14 nitrogen and oxygen atoms in total. The summed E-state index contributed by atoms with van der Waals surface area (Å²) in [5.41, 5.74) is 2.20. The van der Waals surface area contributed by atoms with E-state index < -0.39 is 0 Å². The zero-order valence-electron chi connectivity index (χ0n) is 25.5. The van der Waals surface area contributed by atoms with Gasteiger partial charge in [0.15, 0.2) is 0 Å². The molecule has 0 radical (unpaired) electrons. The number of carbonyl (C=O) groups is 6. The summed E-state index contributed by atoms with van der Waals surface area (Å²) in [5.74, 6) is 0. The molecule has 14 heteroatoms. The molecule has 2 aliphatic heterocycles. The molecule has 0 bridgehead atoms. The van der Waals surface area contributed by atoms with Crippen LogP contribution in [0, 0.1) is 0 Å². The second-order valence-corrected chi connectivity index (χ2v) is 11.2. The van der Waals surface area contributed by atoms with Gasteiger partial charge in [0, 0.05) is 118 Å². The van der Waals surface area contributed by atoms with Crippen LogP contribution in [0.15, 0.2) is 24.3 Å². The Balaban J connectivity index is 1.68. The smallest absolute Gasteiger partial charge is 0.209 e. The van der Waals surface area contributed by atoms with Crippen molar-refractivity contribution < 1.29 is 28.8 Å². The maximum atomic E-state index is 11.7. The Labute approximate surface area is 259 Å². The number of hydrogen-bond acceptors (Lipinski definition) is 8. The molecule has 1 aromatic rings. The highest BCUT2D eigenvalue weighted by molar-refractivity contribution is 5.50. The Morgan fingerprint density at radius 3 is 0.841 bits per heavy atom. The molecular weight excluding hydrogens is 568 g/mol. The molecule has 0 aromatic heterocycles. The molecule has 2 heterocycles. The molecule has 0 N–H and O–H groups in total. The van der Waals surface area contributed by atoms with E-state index in [1.165, 1.54) is 0 Å². The summed E-state index contributed by atoms with van der Waals surface area (Å²) < 4.78 is 0. The van der Waals surface area contributed by atoms with Crippen molar-refractivity contribution in [2.75, 3.05) is 105 Å². The van der Waals surface area contributed by atoms with E-state index in [1.54, 1.807) is 29.4 Å². The fourth-order valence-corrected chi connectivity index (χ4v) is 5.29. The van der Waals surface area contributed by atoms with Gasteiger partial charge in [0.2, 0.25) is 38.5 Å². The fourth-order valence-electron chi connectivity index (χ4n) is 5.29. The normalized spacial score (nSPS) is 19.5. The average molecular weight is 615 g/mol. The third-order valence-corrected chi connectivity index (χ3v) is 8.21. The van der Waals surface area contributed by atoms with Crippen molar-refractivity contribution in [2.24, 2.45) is 0 Å². The molecule has 0 aliphatic carbocycles. The largest absolute Gasteiger partial charge is 0.342 e. The van der Waals surface area contributed by atoms with Gasteiger partial charge < -0.3 is 29.4 Å². The van der Waals surface area contributed by atoms with Gasteiger partial charge in [-0.15, -0.1) is 0 Å². The van der Waals surface area contributed by atoms with E-state index >= 15 is 0 Å².